The molecule has 1 N–H and O–H groups in total. The number of rotatable bonds is 3. The lowest BCUT2D eigenvalue weighted by atomic mass is 9.75. The zero-order valence-corrected chi connectivity index (χ0v) is 22.1. The van der Waals surface area contributed by atoms with Gasteiger partial charge in [-0.15, -0.1) is 10.2 Å². The number of ether oxygens (including phenoxy) is 1. The molecule has 2 saturated heterocycles. The smallest absolute Gasteiger partial charge is 0.407 e. The van der Waals surface area contributed by atoms with E-state index in [2.05, 4.69) is 21.3 Å². The highest BCUT2D eigenvalue weighted by Gasteiger charge is 2.86. The number of nitrogens with zero attached hydrogens (tertiary/aromatic N) is 6. The van der Waals surface area contributed by atoms with Crippen LogP contribution in [0.5, 0.6) is 0 Å². The normalized spacial score (nSPS) is 28.4. The zero-order chi connectivity index (χ0) is 28.7. The zero-order valence-electron chi connectivity index (χ0n) is 22.1. The van der Waals surface area contributed by atoms with Gasteiger partial charge in [0.05, 0.1) is 29.6 Å². The number of anilines is 1. The number of piperidine rings is 1. The van der Waals surface area contributed by atoms with Crippen LogP contribution >= 0.6 is 0 Å². The minimum atomic E-state index is -4.56. The molecule has 210 valence electrons. The van der Waals surface area contributed by atoms with Gasteiger partial charge in [0, 0.05) is 42.3 Å². The molecule has 1 unspecified atom stereocenters. The Balaban J connectivity index is 1.42. The number of carboxylic acid groups (broad SMARTS) is 1. The van der Waals surface area contributed by atoms with Gasteiger partial charge in [0.2, 0.25) is 5.89 Å². The molecule has 3 aliphatic rings. The molecular formula is C27H27F3N6O4. The van der Waals surface area contributed by atoms with E-state index in [9.17, 15) is 28.3 Å². The third kappa shape index (κ3) is 3.44. The van der Waals surface area contributed by atoms with Gasteiger partial charge in [-0.3, -0.25) is 4.98 Å². The molecule has 4 heterocycles. The average Bonchev–Trinajstić information content (AvgIpc) is 3.20. The van der Waals surface area contributed by atoms with E-state index in [1.54, 1.807) is 29.2 Å². The molecule has 3 atom stereocenters. The Bertz CT molecular complexity index is 1560. The molecular weight excluding hydrogens is 529 g/mol. The van der Waals surface area contributed by atoms with Crippen molar-refractivity contribution in [2.24, 2.45) is 10.8 Å². The van der Waals surface area contributed by atoms with Crippen LogP contribution in [-0.4, -0.2) is 70.2 Å². The lowest BCUT2D eigenvalue weighted by molar-refractivity contribution is -0.188. The Kier molecular flexibility index (Phi) is 5.46. The summed E-state index contributed by atoms with van der Waals surface area (Å²) >= 11 is 0. The lowest BCUT2D eigenvalue weighted by Crippen LogP contribution is -2.57. The van der Waals surface area contributed by atoms with Gasteiger partial charge in [-0.1, -0.05) is 20.8 Å². The predicted molar refractivity (Wildman–Crippen MR) is 134 cm³/mol. The summed E-state index contributed by atoms with van der Waals surface area (Å²) in [5.74, 6) is -0.178. The Morgan fingerprint density at radius 1 is 1.12 bits per heavy atom. The van der Waals surface area contributed by atoms with Crippen LogP contribution in [0.1, 0.15) is 44.5 Å². The molecule has 13 heteroatoms. The van der Waals surface area contributed by atoms with Crippen molar-refractivity contribution in [1.82, 2.24) is 20.1 Å². The Hall–Kier alpha value is -3.92. The number of benzene rings is 1. The molecule has 10 nitrogen and oxygen atoms in total. The van der Waals surface area contributed by atoms with E-state index in [1.807, 2.05) is 20.8 Å². The standard InChI is InChI=1S/C27H27F3N6O4/c1-23(2,3)26(15-35(22(37)38)9-10-39-26)21-34-33-20(40-21)24-12-25(24,27(28,29)30)14-36(13-24)18-7-6-16(11-31)19-17(18)5-4-8-32-19/h4-8H,9-10,12-15H2,1-3H3,(H,37,38)/t24-,25-,26?/m0/s1. The fourth-order valence-electron chi connectivity index (χ4n) is 6.47. The number of aromatic nitrogens is 3. The number of hydrogen-bond donors (Lipinski definition) is 1. The summed E-state index contributed by atoms with van der Waals surface area (Å²) in [7, 11) is 0. The number of hydrogen-bond acceptors (Lipinski definition) is 8. The van der Waals surface area contributed by atoms with Gasteiger partial charge in [-0.2, -0.15) is 18.4 Å². The van der Waals surface area contributed by atoms with Crippen molar-refractivity contribution in [2.45, 2.75) is 44.4 Å². The van der Waals surface area contributed by atoms with E-state index in [-0.39, 0.29) is 51.0 Å². The fraction of sp³-hybridized carbons (Fsp3) is 0.519. The topological polar surface area (TPSA) is 129 Å². The minimum absolute atomic E-state index is 0.0331. The first kappa shape index (κ1) is 26.3. The van der Waals surface area contributed by atoms with Crippen LogP contribution in [0.3, 0.4) is 0 Å². The van der Waals surface area contributed by atoms with Gasteiger partial charge >= 0.3 is 12.3 Å². The SMILES string of the molecule is CC(C)(C)C1(c2nnc([C@]34CN(c5ccc(C#N)c6ncccc56)C[C@@]3(C(F)(F)F)C4)o2)CN(C(=O)O)CCO1. The minimum Gasteiger partial charge on any atom is -0.465 e. The second-order valence-corrected chi connectivity index (χ2v) is 11.9. The Morgan fingerprint density at radius 2 is 1.88 bits per heavy atom. The maximum Gasteiger partial charge on any atom is 0.407 e. The first-order chi connectivity index (χ1) is 18.8. The van der Waals surface area contributed by atoms with Crippen molar-refractivity contribution < 1.29 is 32.2 Å². The third-order valence-electron chi connectivity index (χ3n) is 8.85. The van der Waals surface area contributed by atoms with Crippen LogP contribution in [0.15, 0.2) is 34.9 Å². The van der Waals surface area contributed by atoms with Crippen LogP contribution < -0.4 is 4.90 Å². The fourth-order valence-corrected chi connectivity index (χ4v) is 6.47. The van der Waals surface area contributed by atoms with Crippen molar-refractivity contribution in [1.29, 1.82) is 5.26 Å². The number of fused-ring (bicyclic) bond motifs is 2. The van der Waals surface area contributed by atoms with E-state index in [1.165, 1.54) is 11.1 Å². The molecule has 2 aromatic heterocycles. The van der Waals surface area contributed by atoms with Gasteiger partial charge in [0.25, 0.3) is 5.89 Å². The molecule has 1 saturated carbocycles. The largest absolute Gasteiger partial charge is 0.465 e. The van der Waals surface area contributed by atoms with Crippen molar-refractivity contribution in [3.8, 4) is 6.07 Å². The molecule has 1 amide bonds. The number of nitriles is 1. The van der Waals surface area contributed by atoms with E-state index < -0.39 is 34.1 Å². The molecule has 6 rings (SSSR count). The molecule has 2 aliphatic heterocycles. The molecule has 3 aromatic rings. The first-order valence-corrected chi connectivity index (χ1v) is 12.8. The number of halogens is 3. The van der Waals surface area contributed by atoms with Gasteiger partial charge in [0.1, 0.15) is 11.5 Å². The van der Waals surface area contributed by atoms with Gasteiger partial charge in [-0.05, 0) is 30.7 Å². The number of alkyl halides is 3. The van der Waals surface area contributed by atoms with E-state index in [4.69, 9.17) is 9.15 Å². The van der Waals surface area contributed by atoms with Crippen LogP contribution in [0.4, 0.5) is 23.7 Å². The molecule has 1 aromatic carbocycles. The molecule has 1 aliphatic carbocycles. The quantitative estimate of drug-likeness (QED) is 0.497. The molecule has 0 spiro atoms. The van der Waals surface area contributed by atoms with Crippen molar-refractivity contribution in [3.63, 3.8) is 0 Å². The predicted octanol–water partition coefficient (Wildman–Crippen LogP) is 4.45. The van der Waals surface area contributed by atoms with E-state index >= 15 is 0 Å². The maximum absolute atomic E-state index is 14.7. The van der Waals surface area contributed by atoms with Crippen LogP contribution in [0.25, 0.3) is 10.9 Å². The van der Waals surface area contributed by atoms with Crippen LogP contribution in [-0.2, 0) is 15.8 Å². The van der Waals surface area contributed by atoms with Crippen molar-refractivity contribution >= 4 is 22.7 Å². The molecule has 40 heavy (non-hydrogen) atoms. The summed E-state index contributed by atoms with van der Waals surface area (Å²) in [5, 5.41) is 28.0. The lowest BCUT2D eigenvalue weighted by Gasteiger charge is -2.47. The van der Waals surface area contributed by atoms with Crippen LogP contribution in [0.2, 0.25) is 0 Å². The highest BCUT2D eigenvalue weighted by Crippen LogP contribution is 2.75. The monoisotopic (exact) mass is 556 g/mol. The second kappa shape index (κ2) is 8.30. The van der Waals surface area contributed by atoms with E-state index in [0.717, 1.165) is 0 Å². The van der Waals surface area contributed by atoms with E-state index in [0.29, 0.717) is 22.2 Å². The number of amides is 1. The van der Waals surface area contributed by atoms with Crippen LogP contribution in [0, 0.1) is 22.2 Å². The maximum atomic E-state index is 14.7. The Labute approximate surface area is 227 Å². The highest BCUT2D eigenvalue weighted by molar-refractivity contribution is 5.95. The van der Waals surface area contributed by atoms with Gasteiger partial charge < -0.3 is 24.1 Å². The molecule has 0 bridgehead atoms. The average molecular weight is 557 g/mol. The molecule has 3 fully saturated rings. The Morgan fingerprint density at radius 3 is 2.55 bits per heavy atom. The second-order valence-electron chi connectivity index (χ2n) is 11.9. The first-order valence-electron chi connectivity index (χ1n) is 12.8. The van der Waals surface area contributed by atoms with Gasteiger partial charge in [-0.25, -0.2) is 4.79 Å². The number of morpholine rings is 1. The van der Waals surface area contributed by atoms with Crippen molar-refractivity contribution in [2.75, 3.05) is 37.7 Å². The summed E-state index contributed by atoms with van der Waals surface area (Å²) in [6.45, 7) is 5.27. The summed E-state index contributed by atoms with van der Waals surface area (Å²) in [6, 6.07) is 8.71. The molecule has 0 radical (unpaired) electrons. The third-order valence-corrected chi connectivity index (χ3v) is 8.85. The highest BCUT2D eigenvalue weighted by atomic mass is 19.4. The summed E-state index contributed by atoms with van der Waals surface area (Å²) in [6.07, 6.45) is -4.36. The summed E-state index contributed by atoms with van der Waals surface area (Å²) < 4.78 is 56.4. The number of carbonyl (C=O) groups is 1. The summed E-state index contributed by atoms with van der Waals surface area (Å²) in [5.41, 5.74) is -4.36. The van der Waals surface area contributed by atoms with Gasteiger partial charge in [0.15, 0.2) is 5.60 Å². The van der Waals surface area contributed by atoms with Crippen molar-refractivity contribution in [3.05, 3.63) is 47.8 Å². The number of pyridine rings is 1. The summed E-state index contributed by atoms with van der Waals surface area (Å²) in [4.78, 5) is 18.9.